The fourth-order valence-electron chi connectivity index (χ4n) is 4.90. The number of aliphatic hydroxyl groups is 1. The Kier molecular flexibility index (Phi) is 3.86. The minimum Gasteiger partial charge on any atom is -0.376 e. The van der Waals surface area contributed by atoms with Crippen molar-refractivity contribution in [1.29, 1.82) is 0 Å². The van der Waals surface area contributed by atoms with Gasteiger partial charge in [0.05, 0.1) is 11.2 Å². The van der Waals surface area contributed by atoms with E-state index in [4.69, 9.17) is 4.98 Å². The number of aryl methyl sites for hydroxylation is 1. The van der Waals surface area contributed by atoms with Gasteiger partial charge in [-0.05, 0) is 24.1 Å². The van der Waals surface area contributed by atoms with Crippen molar-refractivity contribution in [2.45, 2.75) is 12.5 Å². The van der Waals surface area contributed by atoms with E-state index in [1.165, 1.54) is 5.56 Å². The smallest absolute Gasteiger partial charge is 0.142 e. The number of benzene rings is 4. The predicted octanol–water partition coefficient (Wildman–Crippen LogP) is 6.47. The van der Waals surface area contributed by atoms with Gasteiger partial charge in [-0.25, -0.2) is 4.98 Å². The van der Waals surface area contributed by atoms with Crippen LogP contribution in [0.15, 0.2) is 103 Å². The van der Waals surface area contributed by atoms with Gasteiger partial charge in [-0.2, -0.15) is 0 Å². The molecule has 0 fully saturated rings. The fourth-order valence-corrected chi connectivity index (χ4v) is 4.90. The van der Waals surface area contributed by atoms with E-state index < -0.39 is 5.60 Å². The zero-order chi connectivity index (χ0) is 21.0. The van der Waals surface area contributed by atoms with Crippen molar-refractivity contribution < 1.29 is 5.11 Å². The summed E-state index contributed by atoms with van der Waals surface area (Å²) in [5, 5.41) is 13.4. The molecule has 0 spiro atoms. The minimum absolute atomic E-state index is 0.868. The average molecular weight is 399 g/mol. The summed E-state index contributed by atoms with van der Waals surface area (Å²) in [6.07, 6.45) is 0. The largest absolute Gasteiger partial charge is 0.376 e. The number of para-hydroxylation sites is 1. The van der Waals surface area contributed by atoms with Crippen LogP contribution in [0.4, 0.5) is 0 Å². The first kappa shape index (κ1) is 18.1. The molecule has 0 saturated heterocycles. The molecule has 4 aromatic carbocycles. The van der Waals surface area contributed by atoms with Gasteiger partial charge in [0.25, 0.3) is 0 Å². The molecule has 1 unspecified atom stereocenters. The molecule has 1 aliphatic rings. The molecule has 2 nitrogen and oxygen atoms in total. The third kappa shape index (κ3) is 2.52. The molecule has 1 atom stereocenters. The summed E-state index contributed by atoms with van der Waals surface area (Å²) < 4.78 is 0. The van der Waals surface area contributed by atoms with Crippen molar-refractivity contribution >= 4 is 10.9 Å². The van der Waals surface area contributed by atoms with Crippen molar-refractivity contribution in [3.63, 3.8) is 0 Å². The maximum Gasteiger partial charge on any atom is 0.142 e. The van der Waals surface area contributed by atoms with Crippen LogP contribution in [0.1, 0.15) is 22.3 Å². The highest BCUT2D eigenvalue weighted by molar-refractivity contribution is 6.01. The molecule has 148 valence electrons. The molecule has 1 heterocycles. The van der Waals surface area contributed by atoms with Crippen molar-refractivity contribution in [2.75, 3.05) is 0 Å². The van der Waals surface area contributed by atoms with E-state index in [9.17, 15) is 5.11 Å². The first-order valence-electron chi connectivity index (χ1n) is 10.6. The van der Waals surface area contributed by atoms with E-state index in [0.717, 1.165) is 50.0 Å². The van der Waals surface area contributed by atoms with Crippen LogP contribution in [0.2, 0.25) is 0 Å². The van der Waals surface area contributed by atoms with Crippen LogP contribution in [0.3, 0.4) is 0 Å². The fraction of sp³-hybridized carbons (Fsp3) is 0.0690. The number of fused-ring (bicyclic) bond motifs is 5. The van der Waals surface area contributed by atoms with Gasteiger partial charge in [0, 0.05) is 27.6 Å². The molecule has 0 saturated carbocycles. The monoisotopic (exact) mass is 399 g/mol. The van der Waals surface area contributed by atoms with E-state index in [0.29, 0.717) is 0 Å². The summed E-state index contributed by atoms with van der Waals surface area (Å²) in [5.74, 6) is 0. The Morgan fingerprint density at radius 1 is 0.710 bits per heavy atom. The van der Waals surface area contributed by atoms with Crippen LogP contribution in [0, 0.1) is 6.92 Å². The van der Waals surface area contributed by atoms with Gasteiger partial charge < -0.3 is 5.11 Å². The summed E-state index contributed by atoms with van der Waals surface area (Å²) in [6.45, 7) is 2.09. The zero-order valence-electron chi connectivity index (χ0n) is 17.2. The Labute approximate surface area is 181 Å². The number of hydrogen-bond acceptors (Lipinski definition) is 2. The molecule has 31 heavy (non-hydrogen) atoms. The molecule has 0 amide bonds. The lowest BCUT2D eigenvalue weighted by atomic mass is 9.82. The van der Waals surface area contributed by atoms with E-state index in [2.05, 4.69) is 43.3 Å². The molecule has 0 radical (unpaired) electrons. The Balaban J connectivity index is 1.81. The van der Waals surface area contributed by atoms with Gasteiger partial charge in [-0.3, -0.25) is 0 Å². The van der Waals surface area contributed by atoms with E-state index in [-0.39, 0.29) is 0 Å². The molecule has 1 aromatic heterocycles. The van der Waals surface area contributed by atoms with Crippen molar-refractivity contribution in [3.8, 4) is 22.4 Å². The van der Waals surface area contributed by atoms with Crippen LogP contribution >= 0.6 is 0 Å². The Morgan fingerprint density at radius 3 is 2.19 bits per heavy atom. The third-order valence-corrected chi connectivity index (χ3v) is 6.36. The normalized spacial score (nSPS) is 16.8. The molecular formula is C29H21NO. The first-order valence-corrected chi connectivity index (χ1v) is 10.6. The quantitative estimate of drug-likeness (QED) is 0.369. The lowest BCUT2D eigenvalue weighted by molar-refractivity contribution is 0.132. The van der Waals surface area contributed by atoms with Crippen LogP contribution < -0.4 is 0 Å². The number of aromatic nitrogens is 1. The summed E-state index contributed by atoms with van der Waals surface area (Å²) in [7, 11) is 0. The van der Waals surface area contributed by atoms with Gasteiger partial charge in [-0.15, -0.1) is 0 Å². The number of pyridine rings is 1. The van der Waals surface area contributed by atoms with Gasteiger partial charge >= 0.3 is 0 Å². The zero-order valence-corrected chi connectivity index (χ0v) is 17.2. The molecular weight excluding hydrogens is 378 g/mol. The predicted molar refractivity (Wildman–Crippen MR) is 126 cm³/mol. The van der Waals surface area contributed by atoms with Gasteiger partial charge in [0.2, 0.25) is 0 Å². The van der Waals surface area contributed by atoms with Gasteiger partial charge in [0.1, 0.15) is 5.60 Å². The average Bonchev–Trinajstić information content (AvgIpc) is 3.10. The summed E-state index contributed by atoms with van der Waals surface area (Å²) >= 11 is 0. The van der Waals surface area contributed by atoms with Crippen LogP contribution in [0.25, 0.3) is 33.3 Å². The Hall–Kier alpha value is -3.75. The number of nitrogens with zero attached hydrogens (tertiary/aromatic N) is 1. The van der Waals surface area contributed by atoms with Crippen molar-refractivity contribution in [3.05, 3.63) is 125 Å². The third-order valence-electron chi connectivity index (χ3n) is 6.36. The standard InChI is InChI=1S/C29H21NO/c1-19-15-17-20(18-16-19)28-26-22-11-5-7-13-24(22)29(31,21-9-3-2-4-10-21)27(26)23-12-6-8-14-25(23)30-28/h2-18,31H,1H3. The molecule has 0 bridgehead atoms. The molecule has 2 heteroatoms. The second-order valence-corrected chi connectivity index (χ2v) is 8.22. The molecule has 1 aliphatic carbocycles. The lowest BCUT2D eigenvalue weighted by Crippen LogP contribution is -2.26. The molecule has 5 aromatic rings. The first-order chi connectivity index (χ1) is 15.2. The Bertz CT molecular complexity index is 1440. The lowest BCUT2D eigenvalue weighted by Gasteiger charge is -2.28. The maximum atomic E-state index is 12.5. The minimum atomic E-state index is -1.24. The second-order valence-electron chi connectivity index (χ2n) is 8.22. The van der Waals surface area contributed by atoms with Crippen molar-refractivity contribution in [2.24, 2.45) is 0 Å². The molecule has 6 rings (SSSR count). The van der Waals surface area contributed by atoms with Gasteiger partial charge in [-0.1, -0.05) is 103 Å². The topological polar surface area (TPSA) is 33.1 Å². The van der Waals surface area contributed by atoms with E-state index >= 15 is 0 Å². The SMILES string of the molecule is Cc1ccc(-c2nc3ccccc3c3c2-c2ccccc2C3(O)c2ccccc2)cc1. The molecule has 1 N–H and O–H groups in total. The van der Waals surface area contributed by atoms with E-state index in [1.54, 1.807) is 0 Å². The van der Waals surface area contributed by atoms with E-state index in [1.807, 2.05) is 66.7 Å². The highest BCUT2D eigenvalue weighted by Crippen LogP contribution is 2.55. The summed E-state index contributed by atoms with van der Waals surface area (Å²) in [4.78, 5) is 5.09. The van der Waals surface area contributed by atoms with Crippen LogP contribution in [-0.4, -0.2) is 10.1 Å². The number of rotatable bonds is 2. The summed E-state index contributed by atoms with van der Waals surface area (Å²) in [5.41, 5.74) is 7.57. The highest BCUT2D eigenvalue weighted by Gasteiger charge is 2.45. The highest BCUT2D eigenvalue weighted by atomic mass is 16.3. The van der Waals surface area contributed by atoms with Crippen LogP contribution in [-0.2, 0) is 5.60 Å². The second kappa shape index (κ2) is 6.63. The summed E-state index contributed by atoms with van der Waals surface area (Å²) in [6, 6.07) is 34.7. The molecule has 0 aliphatic heterocycles. The van der Waals surface area contributed by atoms with Crippen LogP contribution in [0.5, 0.6) is 0 Å². The van der Waals surface area contributed by atoms with Gasteiger partial charge in [0.15, 0.2) is 0 Å². The van der Waals surface area contributed by atoms with Crippen molar-refractivity contribution in [1.82, 2.24) is 4.98 Å². The maximum absolute atomic E-state index is 12.5. The Morgan fingerprint density at radius 2 is 1.39 bits per heavy atom. The number of hydrogen-bond donors (Lipinski definition) is 1.